The normalized spacial score (nSPS) is 10.7. The molecule has 30 heavy (non-hydrogen) atoms. The minimum atomic E-state index is -0.373. The van der Waals surface area contributed by atoms with E-state index in [1.807, 2.05) is 54.6 Å². The topological polar surface area (TPSA) is 82.2 Å². The molecule has 0 saturated carbocycles. The highest BCUT2D eigenvalue weighted by atomic mass is 79.9. The number of aryl methyl sites for hydroxylation is 1. The summed E-state index contributed by atoms with van der Waals surface area (Å²) in [6.45, 7) is 2.54. The van der Waals surface area contributed by atoms with E-state index in [0.29, 0.717) is 29.3 Å². The first-order chi connectivity index (χ1) is 14.6. The van der Waals surface area contributed by atoms with Crippen molar-refractivity contribution in [1.82, 2.24) is 14.9 Å². The third kappa shape index (κ3) is 4.77. The van der Waals surface area contributed by atoms with Gasteiger partial charge in [-0.05, 0) is 36.8 Å². The number of ether oxygens (including phenoxy) is 1. The monoisotopic (exact) mass is 466 g/mol. The SMILES string of the molecule is Cc1onc(C(=O)Nc2cnn(Cc3ccc(Br)cc3)c2)c1COc1ccccc1. The van der Waals surface area contributed by atoms with Gasteiger partial charge in [-0.15, -0.1) is 0 Å². The van der Waals surface area contributed by atoms with E-state index in [2.05, 4.69) is 31.5 Å². The van der Waals surface area contributed by atoms with E-state index >= 15 is 0 Å². The van der Waals surface area contributed by atoms with Gasteiger partial charge in [0.2, 0.25) is 0 Å². The molecule has 4 rings (SSSR count). The van der Waals surface area contributed by atoms with Gasteiger partial charge in [0.15, 0.2) is 5.69 Å². The van der Waals surface area contributed by atoms with Gasteiger partial charge in [0, 0.05) is 10.7 Å². The molecule has 2 aromatic carbocycles. The van der Waals surface area contributed by atoms with E-state index < -0.39 is 0 Å². The quantitative estimate of drug-likeness (QED) is 0.422. The molecule has 0 aliphatic carbocycles. The maximum Gasteiger partial charge on any atom is 0.278 e. The van der Waals surface area contributed by atoms with Crippen LogP contribution < -0.4 is 10.1 Å². The molecule has 1 amide bonds. The molecule has 1 N–H and O–H groups in total. The molecule has 0 spiro atoms. The van der Waals surface area contributed by atoms with Gasteiger partial charge in [-0.3, -0.25) is 9.48 Å². The summed E-state index contributed by atoms with van der Waals surface area (Å²) in [6.07, 6.45) is 3.37. The molecule has 8 heteroatoms. The van der Waals surface area contributed by atoms with E-state index in [1.165, 1.54) is 0 Å². The summed E-state index contributed by atoms with van der Waals surface area (Å²) in [6, 6.07) is 17.4. The first-order valence-corrected chi connectivity index (χ1v) is 10.1. The number of amides is 1. The Bertz CT molecular complexity index is 1140. The van der Waals surface area contributed by atoms with Gasteiger partial charge in [0.05, 0.1) is 24.0 Å². The van der Waals surface area contributed by atoms with Crippen LogP contribution in [0.4, 0.5) is 5.69 Å². The molecule has 0 fully saturated rings. The lowest BCUT2D eigenvalue weighted by Crippen LogP contribution is -2.15. The van der Waals surface area contributed by atoms with Crippen LogP contribution in [0.25, 0.3) is 0 Å². The van der Waals surface area contributed by atoms with Crippen LogP contribution in [0.15, 0.2) is 76.0 Å². The molecule has 0 saturated heterocycles. The number of rotatable bonds is 7. The van der Waals surface area contributed by atoms with Gasteiger partial charge < -0.3 is 14.6 Å². The number of hydrogen-bond acceptors (Lipinski definition) is 5. The Balaban J connectivity index is 1.42. The van der Waals surface area contributed by atoms with Crippen LogP contribution in [0.3, 0.4) is 0 Å². The first kappa shape index (κ1) is 19.9. The summed E-state index contributed by atoms with van der Waals surface area (Å²) in [4.78, 5) is 12.7. The molecular weight excluding hydrogens is 448 g/mol. The summed E-state index contributed by atoms with van der Waals surface area (Å²) in [5, 5.41) is 11.0. The zero-order valence-corrected chi connectivity index (χ0v) is 17.8. The minimum Gasteiger partial charge on any atom is -0.489 e. The number of nitrogens with zero attached hydrogens (tertiary/aromatic N) is 3. The van der Waals surface area contributed by atoms with Crippen molar-refractivity contribution in [3.05, 3.63) is 94.0 Å². The minimum absolute atomic E-state index is 0.185. The Labute approximate surface area is 181 Å². The van der Waals surface area contributed by atoms with Crippen molar-refractivity contribution in [2.24, 2.45) is 0 Å². The second-order valence-electron chi connectivity index (χ2n) is 6.67. The fraction of sp³-hybridized carbons (Fsp3) is 0.136. The molecule has 2 aromatic heterocycles. The summed E-state index contributed by atoms with van der Waals surface area (Å²) < 4.78 is 13.8. The predicted molar refractivity (Wildman–Crippen MR) is 115 cm³/mol. The largest absolute Gasteiger partial charge is 0.489 e. The summed E-state index contributed by atoms with van der Waals surface area (Å²) in [7, 11) is 0. The lowest BCUT2D eigenvalue weighted by molar-refractivity contribution is 0.101. The molecule has 0 radical (unpaired) electrons. The molecule has 7 nitrogen and oxygen atoms in total. The summed E-state index contributed by atoms with van der Waals surface area (Å²) in [5.41, 5.74) is 2.49. The average molecular weight is 467 g/mol. The molecule has 152 valence electrons. The molecule has 4 aromatic rings. The summed E-state index contributed by atoms with van der Waals surface area (Å²) in [5.74, 6) is 0.877. The fourth-order valence-electron chi connectivity index (χ4n) is 2.89. The standard InChI is InChI=1S/C22H19BrN4O3/c1-15-20(14-29-19-5-3-2-4-6-19)21(26-30-15)22(28)25-18-11-24-27(13-18)12-16-7-9-17(23)10-8-16/h2-11,13H,12,14H2,1H3,(H,25,28). The third-order valence-electron chi connectivity index (χ3n) is 4.48. The average Bonchev–Trinajstić information content (AvgIpc) is 3.35. The van der Waals surface area contributed by atoms with E-state index in [1.54, 1.807) is 24.0 Å². The van der Waals surface area contributed by atoms with Crippen LogP contribution in [0.1, 0.15) is 27.4 Å². The number of benzene rings is 2. The van der Waals surface area contributed by atoms with Crippen molar-refractivity contribution in [2.45, 2.75) is 20.1 Å². The Morgan fingerprint density at radius 3 is 2.70 bits per heavy atom. The number of halogens is 1. The van der Waals surface area contributed by atoms with Crippen molar-refractivity contribution in [3.8, 4) is 5.75 Å². The van der Waals surface area contributed by atoms with Crippen LogP contribution in [0.2, 0.25) is 0 Å². The second kappa shape index (κ2) is 8.96. The fourth-order valence-corrected chi connectivity index (χ4v) is 3.16. The Morgan fingerprint density at radius 1 is 1.17 bits per heavy atom. The number of aromatic nitrogens is 3. The van der Waals surface area contributed by atoms with Crippen molar-refractivity contribution < 1.29 is 14.1 Å². The Hall–Kier alpha value is -3.39. The maximum atomic E-state index is 12.7. The first-order valence-electron chi connectivity index (χ1n) is 9.30. The van der Waals surface area contributed by atoms with E-state index in [0.717, 1.165) is 10.0 Å². The van der Waals surface area contributed by atoms with Crippen molar-refractivity contribution >= 4 is 27.5 Å². The number of nitrogens with one attached hydrogen (secondary N) is 1. The summed E-state index contributed by atoms with van der Waals surface area (Å²) >= 11 is 3.42. The van der Waals surface area contributed by atoms with Gasteiger partial charge in [-0.2, -0.15) is 5.10 Å². The van der Waals surface area contributed by atoms with E-state index in [4.69, 9.17) is 9.26 Å². The van der Waals surface area contributed by atoms with Gasteiger partial charge in [0.25, 0.3) is 5.91 Å². The van der Waals surface area contributed by atoms with Crippen LogP contribution in [-0.4, -0.2) is 20.8 Å². The lowest BCUT2D eigenvalue weighted by atomic mass is 10.2. The van der Waals surface area contributed by atoms with Gasteiger partial charge in [0.1, 0.15) is 18.1 Å². The van der Waals surface area contributed by atoms with Crippen molar-refractivity contribution in [1.29, 1.82) is 0 Å². The van der Waals surface area contributed by atoms with Gasteiger partial charge in [-0.1, -0.05) is 51.4 Å². The highest BCUT2D eigenvalue weighted by Gasteiger charge is 2.21. The smallest absolute Gasteiger partial charge is 0.278 e. The van der Waals surface area contributed by atoms with Crippen LogP contribution in [0.5, 0.6) is 5.75 Å². The molecule has 2 heterocycles. The maximum absolute atomic E-state index is 12.7. The van der Waals surface area contributed by atoms with Crippen LogP contribution in [-0.2, 0) is 13.2 Å². The van der Waals surface area contributed by atoms with Gasteiger partial charge >= 0.3 is 0 Å². The Kier molecular flexibility index (Phi) is 5.94. The van der Waals surface area contributed by atoms with E-state index in [-0.39, 0.29) is 18.2 Å². The van der Waals surface area contributed by atoms with Gasteiger partial charge in [-0.25, -0.2) is 0 Å². The number of carbonyl (C=O) groups excluding carboxylic acids is 1. The number of carbonyl (C=O) groups is 1. The highest BCUT2D eigenvalue weighted by molar-refractivity contribution is 9.10. The van der Waals surface area contributed by atoms with E-state index in [9.17, 15) is 4.79 Å². The Morgan fingerprint density at radius 2 is 1.93 bits per heavy atom. The second-order valence-corrected chi connectivity index (χ2v) is 7.59. The lowest BCUT2D eigenvalue weighted by Gasteiger charge is -2.06. The zero-order valence-electron chi connectivity index (χ0n) is 16.2. The van der Waals surface area contributed by atoms with Crippen LogP contribution >= 0.6 is 15.9 Å². The molecule has 0 bridgehead atoms. The molecule has 0 atom stereocenters. The molecule has 0 aliphatic rings. The highest BCUT2D eigenvalue weighted by Crippen LogP contribution is 2.19. The van der Waals surface area contributed by atoms with Crippen molar-refractivity contribution in [2.75, 3.05) is 5.32 Å². The number of para-hydroxylation sites is 1. The van der Waals surface area contributed by atoms with Crippen LogP contribution in [0, 0.1) is 6.92 Å². The molecule has 0 unspecified atom stereocenters. The zero-order chi connectivity index (χ0) is 20.9. The third-order valence-corrected chi connectivity index (χ3v) is 5.00. The molecule has 0 aliphatic heterocycles. The molecular formula is C22H19BrN4O3. The predicted octanol–water partition coefficient (Wildman–Crippen LogP) is 4.82. The van der Waals surface area contributed by atoms with Crippen molar-refractivity contribution in [3.63, 3.8) is 0 Å². The number of hydrogen-bond donors (Lipinski definition) is 1. The number of anilines is 1.